The molecule has 4 heteroatoms. The third-order valence-electron chi connectivity index (χ3n) is 3.17. The van der Waals surface area contributed by atoms with Crippen LogP contribution in [0.4, 0.5) is 0 Å². The molecule has 0 aromatic carbocycles. The summed E-state index contributed by atoms with van der Waals surface area (Å²) in [6, 6.07) is 0.794. The molecule has 1 fully saturated rings. The fraction of sp³-hybridized carbons (Fsp3) is 1.00. The van der Waals surface area contributed by atoms with Crippen molar-refractivity contribution < 1.29 is 9.47 Å². The molecule has 0 radical (unpaired) electrons. The molecule has 0 amide bonds. The molecule has 0 unspecified atom stereocenters. The third-order valence-corrected chi connectivity index (χ3v) is 3.17. The Morgan fingerprint density at radius 2 is 2.00 bits per heavy atom. The summed E-state index contributed by atoms with van der Waals surface area (Å²) >= 11 is 0. The second-order valence-electron chi connectivity index (χ2n) is 4.37. The van der Waals surface area contributed by atoms with E-state index in [1.54, 1.807) is 7.11 Å². The van der Waals surface area contributed by atoms with Gasteiger partial charge < -0.3 is 15.2 Å². The highest BCUT2D eigenvalue weighted by Gasteiger charge is 2.23. The van der Waals surface area contributed by atoms with Crippen LogP contribution in [0.3, 0.4) is 0 Å². The Bertz CT molecular complexity index is 163. The van der Waals surface area contributed by atoms with Gasteiger partial charge in [0.2, 0.25) is 0 Å². The molecule has 96 valence electrons. The third kappa shape index (κ3) is 5.25. The molecule has 2 N–H and O–H groups in total. The smallest absolute Gasteiger partial charge is 0.0700 e. The lowest BCUT2D eigenvalue weighted by Crippen LogP contribution is -2.43. The lowest BCUT2D eigenvalue weighted by Gasteiger charge is -2.37. The largest absolute Gasteiger partial charge is 0.382 e. The Morgan fingerprint density at radius 3 is 2.56 bits per heavy atom. The topological polar surface area (TPSA) is 47.7 Å². The Kier molecular flexibility index (Phi) is 7.76. The molecule has 0 saturated heterocycles. The van der Waals surface area contributed by atoms with Crippen molar-refractivity contribution >= 4 is 0 Å². The molecule has 1 saturated carbocycles. The second kappa shape index (κ2) is 8.93. The predicted molar refractivity (Wildman–Crippen MR) is 65.6 cm³/mol. The van der Waals surface area contributed by atoms with Crippen LogP contribution in [0.5, 0.6) is 0 Å². The van der Waals surface area contributed by atoms with E-state index in [1.807, 2.05) is 0 Å². The molecule has 0 aliphatic heterocycles. The van der Waals surface area contributed by atoms with Gasteiger partial charge in [-0.3, -0.25) is 4.90 Å². The zero-order valence-electron chi connectivity index (χ0n) is 10.5. The zero-order chi connectivity index (χ0) is 11.6. The van der Waals surface area contributed by atoms with Crippen LogP contribution >= 0.6 is 0 Å². The van der Waals surface area contributed by atoms with E-state index in [1.165, 1.54) is 19.3 Å². The summed E-state index contributed by atoms with van der Waals surface area (Å²) in [5.41, 5.74) is 5.63. The molecule has 4 nitrogen and oxygen atoms in total. The van der Waals surface area contributed by atoms with Gasteiger partial charge in [-0.05, 0) is 19.3 Å². The lowest BCUT2D eigenvalue weighted by molar-refractivity contribution is 0.0580. The van der Waals surface area contributed by atoms with Crippen molar-refractivity contribution in [3.8, 4) is 0 Å². The van der Waals surface area contributed by atoms with Gasteiger partial charge in [0.25, 0.3) is 0 Å². The zero-order valence-corrected chi connectivity index (χ0v) is 10.5. The molecule has 0 bridgehead atoms. The van der Waals surface area contributed by atoms with Crippen molar-refractivity contribution in [3.05, 3.63) is 0 Å². The van der Waals surface area contributed by atoms with Gasteiger partial charge in [-0.25, -0.2) is 0 Å². The SMILES string of the molecule is COCCOCCCN(CCN)C1CCC1. The summed E-state index contributed by atoms with van der Waals surface area (Å²) < 4.78 is 10.4. The Balaban J connectivity index is 1.98. The maximum Gasteiger partial charge on any atom is 0.0700 e. The quantitative estimate of drug-likeness (QED) is 0.565. The molecule has 1 aliphatic carbocycles. The summed E-state index contributed by atoms with van der Waals surface area (Å²) in [7, 11) is 1.70. The minimum atomic E-state index is 0.690. The number of methoxy groups -OCH3 is 1. The van der Waals surface area contributed by atoms with E-state index in [-0.39, 0.29) is 0 Å². The first-order valence-corrected chi connectivity index (χ1v) is 6.39. The number of nitrogens with zero attached hydrogens (tertiary/aromatic N) is 1. The van der Waals surface area contributed by atoms with Gasteiger partial charge in [-0.15, -0.1) is 0 Å². The molecule has 1 rings (SSSR count). The van der Waals surface area contributed by atoms with Crippen LogP contribution in [0, 0.1) is 0 Å². The molecule has 0 atom stereocenters. The molecule has 16 heavy (non-hydrogen) atoms. The average Bonchev–Trinajstić information content (AvgIpc) is 2.21. The molecule has 0 aromatic heterocycles. The molecule has 1 aliphatic rings. The normalized spacial score (nSPS) is 16.7. The number of hydrogen-bond acceptors (Lipinski definition) is 4. The molecular weight excluding hydrogens is 204 g/mol. The van der Waals surface area contributed by atoms with E-state index in [4.69, 9.17) is 15.2 Å². The minimum absolute atomic E-state index is 0.690. The Hall–Kier alpha value is -0.160. The van der Waals surface area contributed by atoms with Crippen LogP contribution in [0.25, 0.3) is 0 Å². The van der Waals surface area contributed by atoms with Crippen molar-refractivity contribution in [2.45, 2.75) is 31.7 Å². The highest BCUT2D eigenvalue weighted by molar-refractivity contribution is 4.80. The summed E-state index contributed by atoms with van der Waals surface area (Å²) in [6.07, 6.45) is 5.19. The molecular formula is C12H26N2O2. The van der Waals surface area contributed by atoms with Crippen LogP contribution < -0.4 is 5.73 Å². The van der Waals surface area contributed by atoms with Crippen LogP contribution in [0.2, 0.25) is 0 Å². The number of nitrogens with two attached hydrogens (primary N) is 1. The number of hydrogen-bond donors (Lipinski definition) is 1. The van der Waals surface area contributed by atoms with Gasteiger partial charge in [-0.2, -0.15) is 0 Å². The van der Waals surface area contributed by atoms with Crippen molar-refractivity contribution in [1.29, 1.82) is 0 Å². The fourth-order valence-corrected chi connectivity index (χ4v) is 2.01. The Morgan fingerprint density at radius 1 is 1.19 bits per heavy atom. The van der Waals surface area contributed by atoms with Crippen molar-refractivity contribution in [3.63, 3.8) is 0 Å². The fourth-order valence-electron chi connectivity index (χ4n) is 2.01. The van der Waals surface area contributed by atoms with Gasteiger partial charge in [0.05, 0.1) is 13.2 Å². The van der Waals surface area contributed by atoms with Crippen molar-refractivity contribution in [1.82, 2.24) is 4.90 Å². The Labute approximate surface area is 99.1 Å². The average molecular weight is 230 g/mol. The van der Waals surface area contributed by atoms with Gasteiger partial charge in [0, 0.05) is 39.4 Å². The summed E-state index contributed by atoms with van der Waals surface area (Å²) in [6.45, 7) is 5.14. The monoisotopic (exact) mass is 230 g/mol. The van der Waals surface area contributed by atoms with E-state index in [0.717, 1.165) is 38.7 Å². The van der Waals surface area contributed by atoms with Crippen LogP contribution in [-0.4, -0.2) is 57.5 Å². The summed E-state index contributed by atoms with van der Waals surface area (Å²) in [4.78, 5) is 2.52. The van der Waals surface area contributed by atoms with Crippen LogP contribution in [0.1, 0.15) is 25.7 Å². The van der Waals surface area contributed by atoms with Crippen LogP contribution in [0.15, 0.2) is 0 Å². The van der Waals surface area contributed by atoms with E-state index in [2.05, 4.69) is 4.90 Å². The molecule has 0 heterocycles. The van der Waals surface area contributed by atoms with E-state index >= 15 is 0 Å². The predicted octanol–water partition coefficient (Wildman–Crippen LogP) is 0.853. The minimum Gasteiger partial charge on any atom is -0.382 e. The molecule has 0 aromatic rings. The molecule has 0 spiro atoms. The lowest BCUT2D eigenvalue weighted by atomic mass is 9.91. The first-order valence-electron chi connectivity index (χ1n) is 6.39. The first-order chi connectivity index (χ1) is 7.88. The van der Waals surface area contributed by atoms with Crippen molar-refractivity contribution in [2.75, 3.05) is 46.6 Å². The van der Waals surface area contributed by atoms with Gasteiger partial charge >= 0.3 is 0 Å². The number of ether oxygens (including phenoxy) is 2. The maximum absolute atomic E-state index is 5.63. The second-order valence-corrected chi connectivity index (χ2v) is 4.37. The summed E-state index contributed by atoms with van der Waals surface area (Å²) in [5, 5.41) is 0. The van der Waals surface area contributed by atoms with Gasteiger partial charge in [-0.1, -0.05) is 6.42 Å². The standard InChI is InChI=1S/C12H26N2O2/c1-15-10-11-16-9-3-7-14(8-6-13)12-4-2-5-12/h12H,2-11,13H2,1H3. The summed E-state index contributed by atoms with van der Waals surface area (Å²) in [5.74, 6) is 0. The highest BCUT2D eigenvalue weighted by atomic mass is 16.5. The van der Waals surface area contributed by atoms with E-state index in [0.29, 0.717) is 13.2 Å². The first kappa shape index (κ1) is 13.9. The van der Waals surface area contributed by atoms with Crippen molar-refractivity contribution in [2.24, 2.45) is 5.73 Å². The van der Waals surface area contributed by atoms with Gasteiger partial charge in [0.1, 0.15) is 0 Å². The highest BCUT2D eigenvalue weighted by Crippen LogP contribution is 2.24. The van der Waals surface area contributed by atoms with E-state index < -0.39 is 0 Å². The van der Waals surface area contributed by atoms with Crippen LogP contribution in [-0.2, 0) is 9.47 Å². The number of rotatable bonds is 10. The maximum atomic E-state index is 5.63. The van der Waals surface area contributed by atoms with E-state index in [9.17, 15) is 0 Å². The van der Waals surface area contributed by atoms with Gasteiger partial charge in [0.15, 0.2) is 0 Å².